The SMILES string of the molecule is N#CC(=Cc1cn(-c2ccccc2)nc1-c1ccc(Cl)cc1)C(=O)NC1CCCCCC1. The van der Waals surface area contributed by atoms with E-state index in [1.165, 1.54) is 12.8 Å². The molecule has 3 aromatic rings. The molecule has 2 aromatic carbocycles. The molecule has 1 aliphatic carbocycles. The van der Waals surface area contributed by atoms with Crippen molar-refractivity contribution in [2.45, 2.75) is 44.6 Å². The maximum Gasteiger partial charge on any atom is 0.262 e. The molecule has 1 heterocycles. The van der Waals surface area contributed by atoms with Crippen LogP contribution in [0.15, 0.2) is 66.4 Å². The van der Waals surface area contributed by atoms with Crippen LogP contribution in [0.25, 0.3) is 23.0 Å². The predicted octanol–water partition coefficient (Wildman–Crippen LogP) is 5.94. The van der Waals surface area contributed by atoms with E-state index in [0.717, 1.165) is 36.9 Å². The number of nitrogens with zero attached hydrogens (tertiary/aromatic N) is 3. The molecular formula is C26H25ClN4O. The first kappa shape index (κ1) is 21.9. The lowest BCUT2D eigenvalue weighted by atomic mass is 10.0. The molecule has 1 fully saturated rings. The van der Waals surface area contributed by atoms with Gasteiger partial charge in [-0.3, -0.25) is 4.79 Å². The number of rotatable bonds is 5. The van der Waals surface area contributed by atoms with E-state index in [4.69, 9.17) is 16.7 Å². The van der Waals surface area contributed by atoms with Crippen molar-refractivity contribution >= 4 is 23.6 Å². The predicted molar refractivity (Wildman–Crippen MR) is 127 cm³/mol. The van der Waals surface area contributed by atoms with Crippen molar-refractivity contribution in [3.8, 4) is 23.0 Å². The van der Waals surface area contributed by atoms with Gasteiger partial charge in [0.25, 0.3) is 5.91 Å². The Hall–Kier alpha value is -3.36. The van der Waals surface area contributed by atoms with Gasteiger partial charge in [-0.2, -0.15) is 10.4 Å². The molecule has 1 N–H and O–H groups in total. The molecule has 0 atom stereocenters. The minimum atomic E-state index is -0.325. The average Bonchev–Trinajstić information content (AvgIpc) is 3.07. The number of hydrogen-bond donors (Lipinski definition) is 1. The summed E-state index contributed by atoms with van der Waals surface area (Å²) in [6.07, 6.45) is 10.0. The van der Waals surface area contributed by atoms with E-state index in [1.807, 2.05) is 48.7 Å². The van der Waals surface area contributed by atoms with Crippen LogP contribution in [0.3, 0.4) is 0 Å². The average molecular weight is 445 g/mol. The zero-order chi connectivity index (χ0) is 22.3. The summed E-state index contributed by atoms with van der Waals surface area (Å²) < 4.78 is 1.76. The Balaban J connectivity index is 1.69. The van der Waals surface area contributed by atoms with Crippen molar-refractivity contribution in [2.24, 2.45) is 0 Å². The summed E-state index contributed by atoms with van der Waals surface area (Å²) in [4.78, 5) is 12.9. The Morgan fingerprint density at radius 1 is 1.06 bits per heavy atom. The zero-order valence-electron chi connectivity index (χ0n) is 17.8. The van der Waals surface area contributed by atoms with Gasteiger partial charge in [-0.25, -0.2) is 4.68 Å². The quantitative estimate of drug-likeness (QED) is 0.301. The van der Waals surface area contributed by atoms with E-state index in [9.17, 15) is 10.1 Å². The molecule has 0 spiro atoms. The van der Waals surface area contributed by atoms with Gasteiger partial charge in [-0.15, -0.1) is 0 Å². The third kappa shape index (κ3) is 5.27. The van der Waals surface area contributed by atoms with Crippen LogP contribution in [0.1, 0.15) is 44.1 Å². The smallest absolute Gasteiger partial charge is 0.262 e. The lowest BCUT2D eigenvalue weighted by Crippen LogP contribution is -2.35. The number of carbonyl (C=O) groups excluding carboxylic acids is 1. The van der Waals surface area contributed by atoms with Crippen molar-refractivity contribution < 1.29 is 4.79 Å². The largest absolute Gasteiger partial charge is 0.349 e. The molecule has 0 aliphatic heterocycles. The van der Waals surface area contributed by atoms with Crippen LogP contribution >= 0.6 is 11.6 Å². The highest BCUT2D eigenvalue weighted by Gasteiger charge is 2.19. The summed E-state index contributed by atoms with van der Waals surface area (Å²) in [6, 6.07) is 19.3. The molecule has 1 aromatic heterocycles. The number of carbonyl (C=O) groups is 1. The number of hydrogen-bond acceptors (Lipinski definition) is 3. The number of nitrogens with one attached hydrogen (secondary N) is 1. The number of nitriles is 1. The zero-order valence-corrected chi connectivity index (χ0v) is 18.6. The van der Waals surface area contributed by atoms with E-state index in [2.05, 4.69) is 11.4 Å². The molecule has 162 valence electrons. The van der Waals surface area contributed by atoms with Crippen molar-refractivity contribution in [1.82, 2.24) is 15.1 Å². The van der Waals surface area contributed by atoms with Gasteiger partial charge in [-0.1, -0.05) is 67.6 Å². The fraction of sp³-hybridized carbons (Fsp3) is 0.269. The minimum Gasteiger partial charge on any atom is -0.349 e. The van der Waals surface area contributed by atoms with Crippen LogP contribution in [-0.4, -0.2) is 21.7 Å². The van der Waals surface area contributed by atoms with E-state index in [0.29, 0.717) is 16.3 Å². The third-order valence-corrected chi connectivity index (χ3v) is 5.99. The van der Waals surface area contributed by atoms with E-state index in [-0.39, 0.29) is 17.5 Å². The molecule has 32 heavy (non-hydrogen) atoms. The molecule has 1 saturated carbocycles. The summed E-state index contributed by atoms with van der Waals surface area (Å²) in [7, 11) is 0. The molecule has 6 heteroatoms. The third-order valence-electron chi connectivity index (χ3n) is 5.74. The first-order chi connectivity index (χ1) is 15.6. The van der Waals surface area contributed by atoms with Crippen LogP contribution in [0.4, 0.5) is 0 Å². The Morgan fingerprint density at radius 3 is 2.41 bits per heavy atom. The second-order valence-corrected chi connectivity index (χ2v) is 8.49. The van der Waals surface area contributed by atoms with Crippen LogP contribution in [0.2, 0.25) is 5.02 Å². The fourth-order valence-electron chi connectivity index (χ4n) is 4.03. The van der Waals surface area contributed by atoms with E-state index in [1.54, 1.807) is 22.9 Å². The van der Waals surface area contributed by atoms with Gasteiger partial charge in [0.05, 0.1) is 11.4 Å². The Bertz CT molecular complexity index is 1130. The summed E-state index contributed by atoms with van der Waals surface area (Å²) in [5, 5.41) is 18.2. The number of benzene rings is 2. The lowest BCUT2D eigenvalue weighted by Gasteiger charge is -2.15. The topological polar surface area (TPSA) is 70.7 Å². The summed E-state index contributed by atoms with van der Waals surface area (Å²) in [5.41, 5.74) is 3.21. The van der Waals surface area contributed by atoms with Crippen LogP contribution in [0.5, 0.6) is 0 Å². The first-order valence-corrected chi connectivity index (χ1v) is 11.4. The summed E-state index contributed by atoms with van der Waals surface area (Å²) in [5.74, 6) is -0.325. The van der Waals surface area contributed by atoms with Gasteiger partial charge in [0.15, 0.2) is 0 Å². The Labute approximate surface area is 193 Å². The molecular weight excluding hydrogens is 420 g/mol. The molecule has 1 aliphatic rings. The number of amides is 1. The summed E-state index contributed by atoms with van der Waals surface area (Å²) >= 11 is 6.06. The standard InChI is InChI=1S/C26H25ClN4O/c27-22-14-12-19(13-15-22)25-21(18-31(30-25)24-10-6-3-7-11-24)16-20(17-28)26(32)29-23-8-4-1-2-5-9-23/h3,6-7,10-16,18,23H,1-2,4-5,8-9H2,(H,29,32). The summed E-state index contributed by atoms with van der Waals surface area (Å²) in [6.45, 7) is 0. The maximum atomic E-state index is 12.9. The van der Waals surface area contributed by atoms with Gasteiger partial charge in [-0.05, 0) is 43.2 Å². The number of aromatic nitrogens is 2. The molecule has 1 amide bonds. The van der Waals surface area contributed by atoms with Crippen LogP contribution in [0, 0.1) is 11.3 Å². The maximum absolute atomic E-state index is 12.9. The highest BCUT2D eigenvalue weighted by Crippen LogP contribution is 2.27. The fourth-order valence-corrected chi connectivity index (χ4v) is 4.15. The molecule has 0 radical (unpaired) electrons. The lowest BCUT2D eigenvalue weighted by molar-refractivity contribution is -0.117. The van der Waals surface area contributed by atoms with Crippen molar-refractivity contribution in [3.05, 3.63) is 77.0 Å². The van der Waals surface area contributed by atoms with Gasteiger partial charge in [0.1, 0.15) is 11.6 Å². The molecule has 0 bridgehead atoms. The first-order valence-electron chi connectivity index (χ1n) is 11.0. The van der Waals surface area contributed by atoms with Crippen LogP contribution < -0.4 is 5.32 Å². The Morgan fingerprint density at radius 2 is 1.75 bits per heavy atom. The molecule has 0 unspecified atom stereocenters. The minimum absolute atomic E-state index is 0.0806. The second-order valence-electron chi connectivity index (χ2n) is 8.05. The number of para-hydroxylation sites is 1. The van der Waals surface area contributed by atoms with Crippen molar-refractivity contribution in [2.75, 3.05) is 0 Å². The van der Waals surface area contributed by atoms with E-state index >= 15 is 0 Å². The molecule has 4 rings (SSSR count). The molecule has 0 saturated heterocycles. The highest BCUT2D eigenvalue weighted by atomic mass is 35.5. The van der Waals surface area contributed by atoms with E-state index < -0.39 is 0 Å². The number of halogens is 1. The van der Waals surface area contributed by atoms with Gasteiger partial charge >= 0.3 is 0 Å². The van der Waals surface area contributed by atoms with Gasteiger partial charge < -0.3 is 5.32 Å². The van der Waals surface area contributed by atoms with Gasteiger partial charge in [0, 0.05) is 28.4 Å². The highest BCUT2D eigenvalue weighted by molar-refractivity contribution is 6.30. The van der Waals surface area contributed by atoms with Crippen LogP contribution in [-0.2, 0) is 4.79 Å². The van der Waals surface area contributed by atoms with Gasteiger partial charge in [0.2, 0.25) is 0 Å². The van der Waals surface area contributed by atoms with Crippen molar-refractivity contribution in [3.63, 3.8) is 0 Å². The molecule has 5 nitrogen and oxygen atoms in total. The second kappa shape index (κ2) is 10.3. The Kier molecular flexibility index (Phi) is 7.03. The van der Waals surface area contributed by atoms with Crippen molar-refractivity contribution in [1.29, 1.82) is 5.26 Å². The monoisotopic (exact) mass is 444 g/mol. The normalized spacial score (nSPS) is 15.1.